The Hall–Kier alpha value is -2.44. The molecule has 3 rings (SSSR count). The highest BCUT2D eigenvalue weighted by molar-refractivity contribution is 9.10. The number of carbonyl (C=O) groups is 2. The van der Waals surface area contributed by atoms with E-state index in [2.05, 4.69) is 21.2 Å². The molecule has 1 aromatic heterocycles. The third-order valence-corrected chi connectivity index (χ3v) is 5.48. The van der Waals surface area contributed by atoms with Gasteiger partial charge in [-0.05, 0) is 35.2 Å². The monoisotopic (exact) mass is 443 g/mol. The van der Waals surface area contributed by atoms with Crippen molar-refractivity contribution in [1.82, 2.24) is 5.32 Å². The van der Waals surface area contributed by atoms with Crippen LogP contribution in [0.2, 0.25) is 0 Å². The highest BCUT2D eigenvalue weighted by Gasteiger charge is 2.24. The maximum absolute atomic E-state index is 13.0. The summed E-state index contributed by atoms with van der Waals surface area (Å²) in [6, 6.07) is 18.2. The number of ether oxygens (including phenoxy) is 1. The summed E-state index contributed by atoms with van der Waals surface area (Å²) >= 11 is 5.02. The average Bonchev–Trinajstić information content (AvgIpc) is 3.22. The first-order chi connectivity index (χ1) is 13.1. The van der Waals surface area contributed by atoms with Gasteiger partial charge in [0.1, 0.15) is 6.04 Å². The van der Waals surface area contributed by atoms with E-state index in [-0.39, 0.29) is 5.91 Å². The molecule has 0 bridgehead atoms. The van der Waals surface area contributed by atoms with Gasteiger partial charge in [0, 0.05) is 26.9 Å². The first kappa shape index (κ1) is 19.3. The van der Waals surface area contributed by atoms with E-state index in [1.54, 1.807) is 17.4 Å². The van der Waals surface area contributed by atoms with Crippen LogP contribution in [-0.4, -0.2) is 25.0 Å². The number of esters is 1. The third kappa shape index (κ3) is 4.84. The molecule has 1 N–H and O–H groups in total. The molecule has 0 saturated heterocycles. The van der Waals surface area contributed by atoms with Crippen molar-refractivity contribution in [2.24, 2.45) is 0 Å². The molecule has 1 amide bonds. The van der Waals surface area contributed by atoms with E-state index in [0.717, 1.165) is 20.5 Å². The average molecular weight is 444 g/mol. The molecule has 0 fully saturated rings. The smallest absolute Gasteiger partial charge is 0.328 e. The molecule has 27 heavy (non-hydrogen) atoms. The molecule has 0 aliphatic carbocycles. The van der Waals surface area contributed by atoms with Crippen LogP contribution in [0.5, 0.6) is 0 Å². The Balaban J connectivity index is 1.87. The van der Waals surface area contributed by atoms with Gasteiger partial charge in [-0.1, -0.05) is 52.3 Å². The summed E-state index contributed by atoms with van der Waals surface area (Å²) < 4.78 is 5.77. The minimum Gasteiger partial charge on any atom is -0.467 e. The second-order valence-electron chi connectivity index (χ2n) is 5.91. The number of amides is 1. The largest absolute Gasteiger partial charge is 0.467 e. The number of hydrogen-bond donors (Lipinski definition) is 1. The third-order valence-electron chi connectivity index (χ3n) is 4.09. The maximum Gasteiger partial charge on any atom is 0.328 e. The molecule has 1 atom stereocenters. The van der Waals surface area contributed by atoms with Crippen molar-refractivity contribution in [3.8, 4) is 10.4 Å². The fourth-order valence-corrected chi connectivity index (χ4v) is 3.89. The molecule has 4 nitrogen and oxygen atoms in total. The summed E-state index contributed by atoms with van der Waals surface area (Å²) in [5, 5.41) is 4.79. The van der Waals surface area contributed by atoms with Crippen molar-refractivity contribution in [2.45, 2.75) is 12.5 Å². The Morgan fingerprint density at radius 1 is 1.11 bits per heavy atom. The molecule has 0 unspecified atom stereocenters. The van der Waals surface area contributed by atoms with Crippen molar-refractivity contribution < 1.29 is 14.3 Å². The van der Waals surface area contributed by atoms with Gasteiger partial charge in [0.05, 0.1) is 7.11 Å². The molecule has 0 spiro atoms. The normalized spacial score (nSPS) is 11.6. The Labute approximate surface area is 170 Å². The SMILES string of the molecule is COC(=O)[C@H](Cc1ccccc1)NC(=O)c1ccc(Br)cc1-c1cccs1. The first-order valence-corrected chi connectivity index (χ1v) is 10.0. The predicted octanol–water partition coefficient (Wildman–Crippen LogP) is 4.69. The zero-order valence-electron chi connectivity index (χ0n) is 14.6. The summed E-state index contributed by atoms with van der Waals surface area (Å²) in [5.74, 6) is -0.779. The van der Waals surface area contributed by atoms with Crippen molar-refractivity contribution in [3.05, 3.63) is 81.6 Å². The van der Waals surface area contributed by atoms with Gasteiger partial charge in [-0.25, -0.2) is 4.79 Å². The zero-order chi connectivity index (χ0) is 19.2. The Morgan fingerprint density at radius 2 is 1.89 bits per heavy atom. The second kappa shape index (κ2) is 8.97. The van der Waals surface area contributed by atoms with E-state index < -0.39 is 12.0 Å². The van der Waals surface area contributed by atoms with E-state index in [9.17, 15) is 9.59 Å². The van der Waals surface area contributed by atoms with Gasteiger partial charge < -0.3 is 10.1 Å². The highest BCUT2D eigenvalue weighted by atomic mass is 79.9. The number of hydrogen-bond acceptors (Lipinski definition) is 4. The summed E-state index contributed by atoms with van der Waals surface area (Å²) in [5.41, 5.74) is 2.28. The van der Waals surface area contributed by atoms with E-state index in [1.165, 1.54) is 7.11 Å². The second-order valence-corrected chi connectivity index (χ2v) is 7.77. The molecule has 0 radical (unpaired) electrons. The highest BCUT2D eigenvalue weighted by Crippen LogP contribution is 2.30. The lowest BCUT2D eigenvalue weighted by molar-refractivity contribution is -0.142. The Bertz CT molecular complexity index is 926. The number of benzene rings is 2. The van der Waals surface area contributed by atoms with Crippen LogP contribution < -0.4 is 5.32 Å². The molecule has 0 saturated carbocycles. The van der Waals surface area contributed by atoms with Gasteiger partial charge in [0.2, 0.25) is 0 Å². The Morgan fingerprint density at radius 3 is 2.56 bits per heavy atom. The summed E-state index contributed by atoms with van der Waals surface area (Å²) in [4.78, 5) is 26.2. The van der Waals surface area contributed by atoms with Crippen LogP contribution in [-0.2, 0) is 16.0 Å². The molecule has 6 heteroatoms. The molecule has 2 aromatic carbocycles. The fourth-order valence-electron chi connectivity index (χ4n) is 2.77. The van der Waals surface area contributed by atoms with E-state index in [4.69, 9.17) is 4.74 Å². The van der Waals surface area contributed by atoms with Gasteiger partial charge >= 0.3 is 5.97 Å². The van der Waals surface area contributed by atoms with Crippen LogP contribution >= 0.6 is 27.3 Å². The Kier molecular flexibility index (Phi) is 6.42. The van der Waals surface area contributed by atoms with Crippen LogP contribution in [0.25, 0.3) is 10.4 Å². The predicted molar refractivity (Wildman–Crippen MR) is 111 cm³/mol. The minimum atomic E-state index is -0.760. The lowest BCUT2D eigenvalue weighted by Gasteiger charge is -2.18. The minimum absolute atomic E-state index is 0.308. The quantitative estimate of drug-likeness (QED) is 0.562. The molecule has 1 heterocycles. The van der Waals surface area contributed by atoms with Crippen LogP contribution in [0.4, 0.5) is 0 Å². The topological polar surface area (TPSA) is 55.4 Å². The number of thiophene rings is 1. The lowest BCUT2D eigenvalue weighted by atomic mass is 10.0. The number of halogens is 1. The van der Waals surface area contributed by atoms with Crippen LogP contribution in [0.3, 0.4) is 0 Å². The van der Waals surface area contributed by atoms with Gasteiger partial charge in [-0.3, -0.25) is 4.79 Å². The summed E-state index contributed by atoms with van der Waals surface area (Å²) in [6.45, 7) is 0. The molecule has 3 aromatic rings. The standard InChI is InChI=1S/C21H18BrNO3S/c1-26-21(25)18(12-14-6-3-2-4-7-14)23-20(24)16-10-9-15(22)13-17(16)19-8-5-11-27-19/h2-11,13,18H,12H2,1H3,(H,23,24)/t18-/m0/s1. The molecule has 0 aliphatic heterocycles. The molecule has 138 valence electrons. The van der Waals surface area contributed by atoms with Gasteiger partial charge in [0.25, 0.3) is 5.91 Å². The lowest BCUT2D eigenvalue weighted by Crippen LogP contribution is -2.43. The zero-order valence-corrected chi connectivity index (χ0v) is 17.0. The van der Waals surface area contributed by atoms with Gasteiger partial charge in [-0.15, -0.1) is 11.3 Å². The molecular formula is C21H18BrNO3S. The van der Waals surface area contributed by atoms with Crippen LogP contribution in [0, 0.1) is 0 Å². The summed E-state index contributed by atoms with van der Waals surface area (Å²) in [7, 11) is 1.32. The van der Waals surface area contributed by atoms with Crippen LogP contribution in [0.1, 0.15) is 15.9 Å². The number of methoxy groups -OCH3 is 1. The van der Waals surface area contributed by atoms with Gasteiger partial charge in [-0.2, -0.15) is 0 Å². The molecule has 0 aliphatic rings. The fraction of sp³-hybridized carbons (Fsp3) is 0.143. The summed E-state index contributed by atoms with van der Waals surface area (Å²) in [6.07, 6.45) is 0.365. The van der Waals surface area contributed by atoms with Crippen LogP contribution in [0.15, 0.2) is 70.5 Å². The maximum atomic E-state index is 13.0. The van der Waals surface area contributed by atoms with Gasteiger partial charge in [0.15, 0.2) is 0 Å². The van der Waals surface area contributed by atoms with E-state index in [1.807, 2.05) is 60.0 Å². The molecular weight excluding hydrogens is 426 g/mol. The van der Waals surface area contributed by atoms with E-state index in [0.29, 0.717) is 12.0 Å². The first-order valence-electron chi connectivity index (χ1n) is 8.34. The number of carbonyl (C=O) groups excluding carboxylic acids is 2. The van der Waals surface area contributed by atoms with Crippen molar-refractivity contribution in [2.75, 3.05) is 7.11 Å². The van der Waals surface area contributed by atoms with Crippen molar-refractivity contribution in [3.63, 3.8) is 0 Å². The number of rotatable bonds is 6. The number of nitrogens with one attached hydrogen (secondary N) is 1. The van der Waals surface area contributed by atoms with E-state index >= 15 is 0 Å². The van der Waals surface area contributed by atoms with Crippen molar-refractivity contribution in [1.29, 1.82) is 0 Å². The van der Waals surface area contributed by atoms with Crippen molar-refractivity contribution >= 4 is 39.1 Å².